The molecular formula is C7H16O2S. The largest absolute Gasteiger partial charge is 0.395 e. The standard InChI is InChI=1S/C7H16O2S/c1-2-3-4-6-10(9)7-5-8/h8H,2-7H2,1H3. The Kier molecular flexibility index (Phi) is 7.30. The molecule has 0 bridgehead atoms. The predicted octanol–water partition coefficient (Wildman–Crippen LogP) is 0.918. The van der Waals surface area contributed by atoms with Crippen molar-refractivity contribution in [3.8, 4) is 0 Å². The summed E-state index contributed by atoms with van der Waals surface area (Å²) in [6, 6.07) is 0. The molecule has 62 valence electrons. The van der Waals surface area contributed by atoms with E-state index >= 15 is 0 Å². The van der Waals surface area contributed by atoms with Crippen LogP contribution in [0.1, 0.15) is 26.2 Å². The summed E-state index contributed by atoms with van der Waals surface area (Å²) in [6.45, 7) is 2.17. The average molecular weight is 164 g/mol. The molecular weight excluding hydrogens is 148 g/mol. The highest BCUT2D eigenvalue weighted by Crippen LogP contribution is 1.95. The van der Waals surface area contributed by atoms with Gasteiger partial charge in [0.1, 0.15) is 0 Å². The molecule has 0 saturated carbocycles. The number of hydrogen-bond donors (Lipinski definition) is 1. The van der Waals surface area contributed by atoms with Crippen LogP contribution in [0, 0.1) is 0 Å². The van der Waals surface area contributed by atoms with Crippen LogP contribution in [0.5, 0.6) is 0 Å². The highest BCUT2D eigenvalue weighted by Gasteiger charge is 1.96. The molecule has 0 aromatic carbocycles. The molecule has 0 aromatic rings. The molecule has 0 aliphatic heterocycles. The zero-order valence-electron chi connectivity index (χ0n) is 6.51. The molecule has 1 atom stereocenters. The zero-order valence-corrected chi connectivity index (χ0v) is 7.32. The first-order valence-corrected chi connectivity index (χ1v) is 5.26. The Morgan fingerprint density at radius 2 is 2.00 bits per heavy atom. The molecule has 0 aliphatic carbocycles. The van der Waals surface area contributed by atoms with Gasteiger partial charge in [-0.1, -0.05) is 19.8 Å². The summed E-state index contributed by atoms with van der Waals surface area (Å²) in [7, 11) is -0.772. The van der Waals surface area contributed by atoms with Crippen molar-refractivity contribution < 1.29 is 9.32 Å². The van der Waals surface area contributed by atoms with Crippen molar-refractivity contribution in [2.24, 2.45) is 0 Å². The molecule has 2 nitrogen and oxygen atoms in total. The Morgan fingerprint density at radius 1 is 1.30 bits per heavy atom. The maximum atomic E-state index is 10.9. The number of unbranched alkanes of at least 4 members (excludes halogenated alkanes) is 2. The van der Waals surface area contributed by atoms with Crippen molar-refractivity contribution >= 4 is 10.8 Å². The monoisotopic (exact) mass is 164 g/mol. The van der Waals surface area contributed by atoms with E-state index in [1.807, 2.05) is 0 Å². The molecule has 0 rings (SSSR count). The maximum Gasteiger partial charge on any atom is 0.0546 e. The van der Waals surface area contributed by atoms with Crippen LogP contribution in [-0.2, 0) is 10.8 Å². The second-order valence-corrected chi connectivity index (χ2v) is 3.97. The minimum atomic E-state index is -0.772. The Bertz CT molecular complexity index is 93.6. The zero-order chi connectivity index (χ0) is 7.82. The van der Waals surface area contributed by atoms with Gasteiger partial charge in [-0.3, -0.25) is 4.21 Å². The quantitative estimate of drug-likeness (QED) is 0.593. The first-order valence-electron chi connectivity index (χ1n) is 3.77. The summed E-state index contributed by atoms with van der Waals surface area (Å²) in [6.07, 6.45) is 3.34. The number of hydrogen-bond acceptors (Lipinski definition) is 2. The molecule has 10 heavy (non-hydrogen) atoms. The summed E-state index contributed by atoms with van der Waals surface area (Å²) >= 11 is 0. The minimum Gasteiger partial charge on any atom is -0.395 e. The lowest BCUT2D eigenvalue weighted by molar-refractivity contribution is 0.321. The van der Waals surface area contributed by atoms with Crippen LogP contribution in [0.3, 0.4) is 0 Å². The number of aliphatic hydroxyl groups excluding tert-OH is 1. The van der Waals surface area contributed by atoms with Gasteiger partial charge in [0.05, 0.1) is 6.61 Å². The second-order valence-electron chi connectivity index (χ2n) is 2.28. The minimum absolute atomic E-state index is 0.0543. The van der Waals surface area contributed by atoms with Gasteiger partial charge in [0.2, 0.25) is 0 Å². The van der Waals surface area contributed by atoms with Crippen LogP contribution in [-0.4, -0.2) is 27.4 Å². The molecule has 0 heterocycles. The predicted molar refractivity (Wildman–Crippen MR) is 44.5 cm³/mol. The Balaban J connectivity index is 3.05. The Morgan fingerprint density at radius 3 is 2.50 bits per heavy atom. The third-order valence-electron chi connectivity index (χ3n) is 1.29. The fourth-order valence-corrected chi connectivity index (χ4v) is 1.65. The van der Waals surface area contributed by atoms with Crippen molar-refractivity contribution in [1.29, 1.82) is 0 Å². The lowest BCUT2D eigenvalue weighted by atomic mass is 10.3. The Labute approximate surface area is 65.1 Å². The van der Waals surface area contributed by atoms with Crippen LogP contribution in [0.4, 0.5) is 0 Å². The molecule has 0 radical (unpaired) electrons. The molecule has 0 aliphatic rings. The van der Waals surface area contributed by atoms with Crippen molar-refractivity contribution in [3.05, 3.63) is 0 Å². The highest BCUT2D eigenvalue weighted by atomic mass is 32.2. The topological polar surface area (TPSA) is 37.3 Å². The average Bonchev–Trinajstić information content (AvgIpc) is 1.89. The van der Waals surface area contributed by atoms with E-state index in [0.29, 0.717) is 5.75 Å². The van der Waals surface area contributed by atoms with Gasteiger partial charge < -0.3 is 5.11 Å². The van der Waals surface area contributed by atoms with Crippen LogP contribution >= 0.6 is 0 Å². The first-order chi connectivity index (χ1) is 4.81. The SMILES string of the molecule is CCCCCS(=O)CCO. The van der Waals surface area contributed by atoms with Crippen LogP contribution in [0.25, 0.3) is 0 Å². The summed E-state index contributed by atoms with van der Waals surface area (Å²) in [5.41, 5.74) is 0. The number of rotatable bonds is 6. The van der Waals surface area contributed by atoms with Crippen molar-refractivity contribution in [1.82, 2.24) is 0 Å². The summed E-state index contributed by atoms with van der Waals surface area (Å²) in [5.74, 6) is 1.21. The van der Waals surface area contributed by atoms with Gasteiger partial charge in [0, 0.05) is 22.3 Å². The van der Waals surface area contributed by atoms with Crippen LogP contribution in [0.15, 0.2) is 0 Å². The van der Waals surface area contributed by atoms with Gasteiger partial charge in [-0.25, -0.2) is 0 Å². The van der Waals surface area contributed by atoms with Crippen molar-refractivity contribution in [3.63, 3.8) is 0 Å². The summed E-state index contributed by atoms with van der Waals surface area (Å²) in [5, 5.41) is 8.40. The summed E-state index contributed by atoms with van der Waals surface area (Å²) < 4.78 is 10.9. The van der Waals surface area contributed by atoms with Gasteiger partial charge in [-0.2, -0.15) is 0 Å². The third-order valence-corrected chi connectivity index (χ3v) is 2.68. The fourth-order valence-electron chi connectivity index (χ4n) is 0.717. The van der Waals surface area contributed by atoms with E-state index < -0.39 is 10.8 Å². The Hall–Kier alpha value is 0.110. The van der Waals surface area contributed by atoms with E-state index in [4.69, 9.17) is 5.11 Å². The van der Waals surface area contributed by atoms with Crippen LogP contribution in [0.2, 0.25) is 0 Å². The molecule has 0 amide bonds. The van der Waals surface area contributed by atoms with Gasteiger partial charge in [0.15, 0.2) is 0 Å². The smallest absolute Gasteiger partial charge is 0.0546 e. The molecule has 0 aromatic heterocycles. The van der Waals surface area contributed by atoms with Gasteiger partial charge >= 0.3 is 0 Å². The molecule has 0 saturated heterocycles. The lowest BCUT2D eigenvalue weighted by Gasteiger charge is -1.97. The fraction of sp³-hybridized carbons (Fsp3) is 1.00. The summed E-state index contributed by atoms with van der Waals surface area (Å²) in [4.78, 5) is 0. The molecule has 0 spiro atoms. The van der Waals surface area contributed by atoms with Crippen molar-refractivity contribution in [2.75, 3.05) is 18.1 Å². The maximum absolute atomic E-state index is 10.9. The van der Waals surface area contributed by atoms with Crippen LogP contribution < -0.4 is 0 Å². The van der Waals surface area contributed by atoms with E-state index in [0.717, 1.165) is 25.0 Å². The van der Waals surface area contributed by atoms with E-state index in [9.17, 15) is 4.21 Å². The van der Waals surface area contributed by atoms with Gasteiger partial charge in [-0.05, 0) is 6.42 Å². The molecule has 1 N–H and O–H groups in total. The van der Waals surface area contributed by atoms with E-state index in [1.165, 1.54) is 0 Å². The molecule has 1 unspecified atom stereocenters. The van der Waals surface area contributed by atoms with Gasteiger partial charge in [-0.15, -0.1) is 0 Å². The van der Waals surface area contributed by atoms with E-state index in [2.05, 4.69) is 6.92 Å². The molecule has 0 fully saturated rings. The normalized spacial score (nSPS) is 13.4. The van der Waals surface area contributed by atoms with E-state index in [1.54, 1.807) is 0 Å². The van der Waals surface area contributed by atoms with E-state index in [-0.39, 0.29) is 6.61 Å². The lowest BCUT2D eigenvalue weighted by Crippen LogP contribution is -2.05. The van der Waals surface area contributed by atoms with Crippen molar-refractivity contribution in [2.45, 2.75) is 26.2 Å². The second kappa shape index (κ2) is 7.22. The number of aliphatic hydroxyl groups is 1. The molecule has 3 heteroatoms. The first kappa shape index (κ1) is 10.1. The third kappa shape index (κ3) is 6.23. The highest BCUT2D eigenvalue weighted by molar-refractivity contribution is 7.84. The van der Waals surface area contributed by atoms with Gasteiger partial charge in [0.25, 0.3) is 0 Å².